The molecular formula is C20H27N3O4S. The molecule has 0 atom stereocenters. The second kappa shape index (κ2) is 9.07. The summed E-state index contributed by atoms with van der Waals surface area (Å²) in [5.74, 6) is 0.340. The smallest absolute Gasteiger partial charge is 0.264 e. The molecule has 2 rings (SSSR count). The summed E-state index contributed by atoms with van der Waals surface area (Å²) in [5, 5.41) is 2.84. The number of amides is 1. The van der Waals surface area contributed by atoms with Crippen LogP contribution in [-0.4, -0.2) is 60.6 Å². The van der Waals surface area contributed by atoms with Crippen molar-refractivity contribution in [2.24, 2.45) is 0 Å². The molecule has 0 radical (unpaired) electrons. The van der Waals surface area contributed by atoms with Gasteiger partial charge in [0.05, 0.1) is 17.7 Å². The van der Waals surface area contributed by atoms with Crippen molar-refractivity contribution in [3.8, 4) is 5.75 Å². The fourth-order valence-corrected chi connectivity index (χ4v) is 3.87. The first-order valence-corrected chi connectivity index (χ1v) is 10.3. The molecule has 2 aromatic rings. The van der Waals surface area contributed by atoms with Crippen molar-refractivity contribution in [1.29, 1.82) is 0 Å². The molecule has 0 heterocycles. The van der Waals surface area contributed by atoms with E-state index in [-0.39, 0.29) is 10.8 Å². The lowest BCUT2D eigenvalue weighted by Crippen LogP contribution is -2.32. The fraction of sp³-hybridized carbons (Fsp3) is 0.350. The molecule has 0 spiro atoms. The molecule has 0 saturated carbocycles. The van der Waals surface area contributed by atoms with E-state index in [1.165, 1.54) is 30.6 Å². The highest BCUT2D eigenvalue weighted by Gasteiger charge is 2.23. The lowest BCUT2D eigenvalue weighted by atomic mass is 10.1. The van der Waals surface area contributed by atoms with E-state index in [1.807, 2.05) is 25.9 Å². The van der Waals surface area contributed by atoms with Crippen LogP contribution in [0.3, 0.4) is 0 Å². The van der Waals surface area contributed by atoms with Gasteiger partial charge in [-0.3, -0.25) is 9.10 Å². The Bertz CT molecular complexity index is 925. The zero-order valence-electron chi connectivity index (χ0n) is 16.9. The second-order valence-electron chi connectivity index (χ2n) is 6.71. The minimum atomic E-state index is -3.77. The molecule has 8 heteroatoms. The van der Waals surface area contributed by atoms with Gasteiger partial charge in [0.1, 0.15) is 5.75 Å². The Hall–Kier alpha value is -2.58. The monoisotopic (exact) mass is 405 g/mol. The molecule has 0 saturated heterocycles. The third-order valence-corrected chi connectivity index (χ3v) is 6.16. The molecule has 0 unspecified atom stereocenters. The molecule has 0 aliphatic rings. The van der Waals surface area contributed by atoms with Crippen molar-refractivity contribution in [2.75, 3.05) is 45.6 Å². The van der Waals surface area contributed by atoms with Crippen molar-refractivity contribution in [2.45, 2.75) is 11.8 Å². The van der Waals surface area contributed by atoms with E-state index in [1.54, 1.807) is 30.3 Å². The van der Waals surface area contributed by atoms with Gasteiger partial charge in [0.2, 0.25) is 0 Å². The topological polar surface area (TPSA) is 79.0 Å². The quantitative estimate of drug-likeness (QED) is 0.728. The molecule has 0 aliphatic heterocycles. The first-order chi connectivity index (χ1) is 13.2. The number of benzene rings is 2. The maximum absolute atomic E-state index is 13.0. The van der Waals surface area contributed by atoms with Gasteiger partial charge in [-0.15, -0.1) is 0 Å². The van der Waals surface area contributed by atoms with Crippen LogP contribution >= 0.6 is 0 Å². The normalized spacial score (nSPS) is 11.4. The number of methoxy groups -OCH3 is 1. The molecule has 0 aromatic heterocycles. The first kappa shape index (κ1) is 21.7. The Kier molecular flexibility index (Phi) is 7.04. The molecule has 7 nitrogen and oxygen atoms in total. The van der Waals surface area contributed by atoms with Crippen molar-refractivity contribution >= 4 is 21.6 Å². The zero-order valence-corrected chi connectivity index (χ0v) is 17.7. The van der Waals surface area contributed by atoms with E-state index in [2.05, 4.69) is 5.32 Å². The number of hydrogen-bond acceptors (Lipinski definition) is 5. The molecule has 152 valence electrons. The molecule has 2 aromatic carbocycles. The molecule has 0 bridgehead atoms. The third kappa shape index (κ3) is 5.02. The van der Waals surface area contributed by atoms with Crippen LogP contribution in [0.2, 0.25) is 0 Å². The average molecular weight is 406 g/mol. The van der Waals surface area contributed by atoms with Gasteiger partial charge in [0.25, 0.3) is 15.9 Å². The highest BCUT2D eigenvalue weighted by molar-refractivity contribution is 7.92. The summed E-state index contributed by atoms with van der Waals surface area (Å²) in [5.41, 5.74) is 1.62. The highest BCUT2D eigenvalue weighted by Crippen LogP contribution is 2.27. The van der Waals surface area contributed by atoms with Crippen LogP contribution in [0, 0.1) is 6.92 Å². The SMILES string of the molecule is COc1ccc(S(=O)(=O)N(C)c2cc(C(=O)NCCN(C)C)ccc2C)cc1. The summed E-state index contributed by atoms with van der Waals surface area (Å²) in [6, 6.07) is 11.2. The standard InChI is InChI=1S/C20H27N3O4S/c1-15-6-7-16(20(24)21-12-13-22(2)3)14-19(15)23(4)28(25,26)18-10-8-17(27-5)9-11-18/h6-11,14H,12-13H2,1-5H3,(H,21,24). The molecule has 1 N–H and O–H groups in total. The van der Waals surface area contributed by atoms with Crippen LogP contribution in [0.15, 0.2) is 47.4 Å². The zero-order chi connectivity index (χ0) is 20.9. The second-order valence-corrected chi connectivity index (χ2v) is 8.68. The number of carbonyl (C=O) groups excluding carboxylic acids is 1. The lowest BCUT2D eigenvalue weighted by molar-refractivity contribution is 0.0951. The molecule has 1 amide bonds. The molecule has 0 aliphatic carbocycles. The Balaban J connectivity index is 2.28. The van der Waals surface area contributed by atoms with Gasteiger partial charge in [-0.1, -0.05) is 6.07 Å². The summed E-state index contributed by atoms with van der Waals surface area (Å²) < 4.78 is 32.3. The fourth-order valence-electron chi connectivity index (χ4n) is 2.62. The number of nitrogens with zero attached hydrogens (tertiary/aromatic N) is 2. The Morgan fingerprint density at radius 1 is 1.07 bits per heavy atom. The van der Waals surface area contributed by atoms with Crippen LogP contribution in [0.5, 0.6) is 5.75 Å². The Morgan fingerprint density at radius 3 is 2.29 bits per heavy atom. The van der Waals surface area contributed by atoms with Crippen molar-refractivity contribution in [3.05, 3.63) is 53.6 Å². The van der Waals surface area contributed by atoms with E-state index in [0.717, 1.165) is 12.1 Å². The molecular weight excluding hydrogens is 378 g/mol. The molecule has 0 fully saturated rings. The number of nitrogens with one attached hydrogen (secondary N) is 1. The number of anilines is 1. The van der Waals surface area contributed by atoms with Crippen LogP contribution in [0.4, 0.5) is 5.69 Å². The lowest BCUT2D eigenvalue weighted by Gasteiger charge is -2.22. The Labute approximate surface area is 167 Å². The Morgan fingerprint density at radius 2 is 1.71 bits per heavy atom. The van der Waals surface area contributed by atoms with E-state index in [4.69, 9.17) is 4.74 Å². The number of hydrogen-bond donors (Lipinski definition) is 1. The van der Waals surface area contributed by atoms with Gasteiger partial charge in [-0.25, -0.2) is 8.42 Å². The van der Waals surface area contributed by atoms with E-state index >= 15 is 0 Å². The van der Waals surface area contributed by atoms with Gasteiger partial charge in [-0.05, 0) is 63.0 Å². The summed E-state index contributed by atoms with van der Waals surface area (Å²) in [6.45, 7) is 3.04. The van der Waals surface area contributed by atoms with Gasteiger partial charge >= 0.3 is 0 Å². The number of aryl methyl sites for hydroxylation is 1. The summed E-state index contributed by atoms with van der Waals surface area (Å²) >= 11 is 0. The number of ether oxygens (including phenoxy) is 1. The van der Waals surface area contributed by atoms with Crippen LogP contribution in [0.1, 0.15) is 15.9 Å². The highest BCUT2D eigenvalue weighted by atomic mass is 32.2. The van der Waals surface area contributed by atoms with Gasteiger partial charge in [0.15, 0.2) is 0 Å². The van der Waals surface area contributed by atoms with Crippen LogP contribution in [-0.2, 0) is 10.0 Å². The number of rotatable bonds is 8. The third-order valence-electron chi connectivity index (χ3n) is 4.37. The average Bonchev–Trinajstić information content (AvgIpc) is 2.67. The van der Waals surface area contributed by atoms with E-state index in [9.17, 15) is 13.2 Å². The number of likely N-dealkylation sites (N-methyl/N-ethyl adjacent to an activating group) is 1. The van der Waals surface area contributed by atoms with Crippen LogP contribution < -0.4 is 14.4 Å². The predicted molar refractivity (Wildman–Crippen MR) is 111 cm³/mol. The number of carbonyl (C=O) groups is 1. The maximum atomic E-state index is 13.0. The van der Waals surface area contributed by atoms with Crippen molar-refractivity contribution < 1.29 is 17.9 Å². The molecule has 28 heavy (non-hydrogen) atoms. The van der Waals surface area contributed by atoms with Crippen molar-refractivity contribution in [3.63, 3.8) is 0 Å². The van der Waals surface area contributed by atoms with Gasteiger partial charge < -0.3 is 15.0 Å². The van der Waals surface area contributed by atoms with Gasteiger partial charge in [0, 0.05) is 25.7 Å². The first-order valence-electron chi connectivity index (χ1n) is 8.83. The summed E-state index contributed by atoms with van der Waals surface area (Å²) in [6.07, 6.45) is 0. The van der Waals surface area contributed by atoms with E-state index < -0.39 is 10.0 Å². The summed E-state index contributed by atoms with van der Waals surface area (Å²) in [4.78, 5) is 14.5. The minimum Gasteiger partial charge on any atom is -0.497 e. The maximum Gasteiger partial charge on any atom is 0.264 e. The van der Waals surface area contributed by atoms with Crippen molar-refractivity contribution in [1.82, 2.24) is 10.2 Å². The summed E-state index contributed by atoms with van der Waals surface area (Å²) in [7, 11) is 3.08. The van der Waals surface area contributed by atoms with E-state index in [0.29, 0.717) is 23.5 Å². The van der Waals surface area contributed by atoms with Gasteiger partial charge in [-0.2, -0.15) is 0 Å². The minimum absolute atomic E-state index is 0.149. The number of sulfonamides is 1. The predicted octanol–water partition coefficient (Wildman–Crippen LogP) is 2.12. The van der Waals surface area contributed by atoms with Crippen LogP contribution in [0.25, 0.3) is 0 Å². The largest absolute Gasteiger partial charge is 0.497 e.